The van der Waals surface area contributed by atoms with E-state index in [4.69, 9.17) is 4.74 Å². The van der Waals surface area contributed by atoms with Gasteiger partial charge in [-0.3, -0.25) is 0 Å². The van der Waals surface area contributed by atoms with Crippen LogP contribution in [0.25, 0.3) is 0 Å². The highest BCUT2D eigenvalue weighted by molar-refractivity contribution is 4.83. The standard InChI is InChI=1S/C17H35NO/c1-5-12-18-16(17(14(3)4)19-6-2)13-15-10-8-7-9-11-15/h14-18H,5-13H2,1-4H3. The molecule has 1 aliphatic rings. The Labute approximate surface area is 120 Å². The number of ether oxygens (including phenoxy) is 1. The lowest BCUT2D eigenvalue weighted by molar-refractivity contribution is -0.00371. The van der Waals surface area contributed by atoms with Crippen LogP contribution in [-0.4, -0.2) is 25.3 Å². The molecule has 1 N–H and O–H groups in total. The molecule has 2 heteroatoms. The summed E-state index contributed by atoms with van der Waals surface area (Å²) in [5.74, 6) is 1.52. The van der Waals surface area contributed by atoms with Crippen molar-refractivity contribution in [3.05, 3.63) is 0 Å². The van der Waals surface area contributed by atoms with Gasteiger partial charge in [0.2, 0.25) is 0 Å². The monoisotopic (exact) mass is 269 g/mol. The molecule has 2 unspecified atom stereocenters. The molecule has 1 rings (SSSR count). The Bertz CT molecular complexity index is 211. The fourth-order valence-electron chi connectivity index (χ4n) is 3.41. The highest BCUT2D eigenvalue weighted by atomic mass is 16.5. The van der Waals surface area contributed by atoms with Crippen molar-refractivity contribution in [1.82, 2.24) is 5.32 Å². The van der Waals surface area contributed by atoms with E-state index in [1.807, 2.05) is 0 Å². The van der Waals surface area contributed by atoms with Gasteiger partial charge in [0.15, 0.2) is 0 Å². The smallest absolute Gasteiger partial charge is 0.0750 e. The molecule has 1 saturated carbocycles. The van der Waals surface area contributed by atoms with Gasteiger partial charge in [0.1, 0.15) is 0 Å². The predicted octanol–water partition coefficient (Wildman–Crippen LogP) is 4.39. The molecule has 2 nitrogen and oxygen atoms in total. The minimum atomic E-state index is 0.374. The Balaban J connectivity index is 2.56. The summed E-state index contributed by atoms with van der Waals surface area (Å²) in [5, 5.41) is 3.76. The topological polar surface area (TPSA) is 21.3 Å². The van der Waals surface area contributed by atoms with E-state index < -0.39 is 0 Å². The Kier molecular flexibility index (Phi) is 8.72. The first-order chi connectivity index (χ1) is 9.19. The fraction of sp³-hybridized carbons (Fsp3) is 1.00. The second kappa shape index (κ2) is 9.77. The van der Waals surface area contributed by atoms with Crippen LogP contribution in [0.2, 0.25) is 0 Å². The maximum absolute atomic E-state index is 6.04. The second-order valence-corrected chi connectivity index (χ2v) is 6.46. The summed E-state index contributed by atoms with van der Waals surface area (Å²) in [7, 11) is 0. The Hall–Kier alpha value is -0.0800. The average Bonchev–Trinajstić information content (AvgIpc) is 2.42. The molecule has 0 aromatic carbocycles. The second-order valence-electron chi connectivity index (χ2n) is 6.46. The van der Waals surface area contributed by atoms with Crippen molar-refractivity contribution < 1.29 is 4.74 Å². The number of nitrogens with one attached hydrogen (secondary N) is 1. The van der Waals surface area contributed by atoms with Crippen LogP contribution in [0, 0.1) is 11.8 Å². The Morgan fingerprint density at radius 1 is 1.11 bits per heavy atom. The molecule has 1 aliphatic carbocycles. The van der Waals surface area contributed by atoms with E-state index in [0.29, 0.717) is 18.1 Å². The lowest BCUT2D eigenvalue weighted by atomic mass is 9.82. The number of rotatable bonds is 9. The van der Waals surface area contributed by atoms with Gasteiger partial charge in [-0.25, -0.2) is 0 Å². The molecule has 0 aliphatic heterocycles. The number of hydrogen-bond donors (Lipinski definition) is 1. The third-order valence-electron chi connectivity index (χ3n) is 4.38. The summed E-state index contributed by atoms with van der Waals surface area (Å²) in [5.41, 5.74) is 0. The summed E-state index contributed by atoms with van der Waals surface area (Å²) in [4.78, 5) is 0. The predicted molar refractivity (Wildman–Crippen MR) is 83.5 cm³/mol. The van der Waals surface area contributed by atoms with Gasteiger partial charge in [-0.05, 0) is 38.1 Å². The molecule has 1 fully saturated rings. The zero-order valence-corrected chi connectivity index (χ0v) is 13.6. The first kappa shape index (κ1) is 17.0. The minimum absolute atomic E-state index is 0.374. The Morgan fingerprint density at radius 2 is 1.79 bits per heavy atom. The highest BCUT2D eigenvalue weighted by Crippen LogP contribution is 2.29. The lowest BCUT2D eigenvalue weighted by Crippen LogP contribution is -2.46. The molecular formula is C17H35NO. The van der Waals surface area contributed by atoms with Gasteiger partial charge in [0.25, 0.3) is 0 Å². The van der Waals surface area contributed by atoms with Gasteiger partial charge in [-0.2, -0.15) is 0 Å². The third-order valence-corrected chi connectivity index (χ3v) is 4.38. The molecule has 0 spiro atoms. The van der Waals surface area contributed by atoms with Crippen LogP contribution < -0.4 is 5.32 Å². The molecule has 19 heavy (non-hydrogen) atoms. The molecule has 0 aromatic heterocycles. The summed E-state index contributed by atoms with van der Waals surface area (Å²) in [6, 6.07) is 0.544. The van der Waals surface area contributed by atoms with E-state index in [1.165, 1.54) is 44.9 Å². The highest BCUT2D eigenvalue weighted by Gasteiger charge is 2.27. The quantitative estimate of drug-likeness (QED) is 0.670. The first-order valence-electron chi connectivity index (χ1n) is 8.54. The maximum Gasteiger partial charge on any atom is 0.0750 e. The van der Waals surface area contributed by atoms with Crippen molar-refractivity contribution in [2.75, 3.05) is 13.2 Å². The van der Waals surface area contributed by atoms with Crippen molar-refractivity contribution >= 4 is 0 Å². The van der Waals surface area contributed by atoms with Crippen LogP contribution in [0.15, 0.2) is 0 Å². The molecule has 0 heterocycles. The molecule has 114 valence electrons. The van der Waals surface area contributed by atoms with Crippen molar-refractivity contribution in [1.29, 1.82) is 0 Å². The molecular weight excluding hydrogens is 234 g/mol. The largest absolute Gasteiger partial charge is 0.377 e. The van der Waals surface area contributed by atoms with Crippen LogP contribution in [0.3, 0.4) is 0 Å². The first-order valence-corrected chi connectivity index (χ1v) is 8.54. The van der Waals surface area contributed by atoms with Crippen LogP contribution >= 0.6 is 0 Å². The fourth-order valence-corrected chi connectivity index (χ4v) is 3.41. The van der Waals surface area contributed by atoms with E-state index in [9.17, 15) is 0 Å². The molecule has 0 aromatic rings. The van der Waals surface area contributed by atoms with Crippen molar-refractivity contribution in [2.45, 2.75) is 84.8 Å². The van der Waals surface area contributed by atoms with Gasteiger partial charge in [-0.15, -0.1) is 0 Å². The van der Waals surface area contributed by atoms with Gasteiger partial charge in [0, 0.05) is 12.6 Å². The molecule has 2 atom stereocenters. The normalized spacial score (nSPS) is 20.7. The zero-order chi connectivity index (χ0) is 14.1. The van der Waals surface area contributed by atoms with Gasteiger partial charge in [0.05, 0.1) is 6.10 Å². The summed E-state index contributed by atoms with van der Waals surface area (Å²) in [6.45, 7) is 10.9. The van der Waals surface area contributed by atoms with E-state index >= 15 is 0 Å². The van der Waals surface area contributed by atoms with Crippen molar-refractivity contribution in [3.8, 4) is 0 Å². The molecule has 0 amide bonds. The SMILES string of the molecule is CCCNC(CC1CCCCC1)C(OCC)C(C)C. The summed E-state index contributed by atoms with van der Waals surface area (Å²) >= 11 is 0. The molecule has 0 bridgehead atoms. The average molecular weight is 269 g/mol. The maximum atomic E-state index is 6.04. The minimum Gasteiger partial charge on any atom is -0.377 e. The van der Waals surface area contributed by atoms with Crippen LogP contribution in [0.5, 0.6) is 0 Å². The van der Waals surface area contributed by atoms with E-state index in [-0.39, 0.29) is 0 Å². The summed E-state index contributed by atoms with van der Waals surface area (Å²) in [6.07, 6.45) is 10.1. The van der Waals surface area contributed by atoms with Gasteiger partial charge >= 0.3 is 0 Å². The zero-order valence-electron chi connectivity index (χ0n) is 13.6. The van der Waals surface area contributed by atoms with Gasteiger partial charge in [-0.1, -0.05) is 52.9 Å². The Morgan fingerprint density at radius 3 is 2.32 bits per heavy atom. The third kappa shape index (κ3) is 6.27. The van der Waals surface area contributed by atoms with Crippen LogP contribution in [-0.2, 0) is 4.74 Å². The summed E-state index contributed by atoms with van der Waals surface area (Å²) < 4.78 is 6.04. The van der Waals surface area contributed by atoms with E-state index in [1.54, 1.807) is 0 Å². The van der Waals surface area contributed by atoms with Crippen LogP contribution in [0.1, 0.15) is 72.6 Å². The van der Waals surface area contributed by atoms with E-state index in [0.717, 1.165) is 19.1 Å². The molecule has 0 radical (unpaired) electrons. The van der Waals surface area contributed by atoms with Gasteiger partial charge < -0.3 is 10.1 Å². The van der Waals surface area contributed by atoms with E-state index in [2.05, 4.69) is 33.0 Å². The lowest BCUT2D eigenvalue weighted by Gasteiger charge is -2.34. The van der Waals surface area contributed by atoms with Crippen LogP contribution in [0.4, 0.5) is 0 Å². The van der Waals surface area contributed by atoms with Crippen molar-refractivity contribution in [2.24, 2.45) is 11.8 Å². The molecule has 0 saturated heterocycles. The van der Waals surface area contributed by atoms with Crippen molar-refractivity contribution in [3.63, 3.8) is 0 Å². The number of hydrogen-bond acceptors (Lipinski definition) is 2.